The summed E-state index contributed by atoms with van der Waals surface area (Å²) in [5.41, 5.74) is 1.50. The molecular weight excluding hydrogens is 338 g/mol. The summed E-state index contributed by atoms with van der Waals surface area (Å²) in [6, 6.07) is 1.69. The molecule has 3 aliphatic rings. The van der Waals surface area contributed by atoms with Gasteiger partial charge in [0.25, 0.3) is 0 Å². The molecule has 2 aliphatic heterocycles. The second-order valence-corrected chi connectivity index (χ2v) is 7.53. The summed E-state index contributed by atoms with van der Waals surface area (Å²) in [7, 11) is 0. The Morgan fingerprint density at radius 1 is 1.31 bits per heavy atom. The van der Waals surface area contributed by atoms with E-state index in [0.29, 0.717) is 37.7 Å². The van der Waals surface area contributed by atoms with E-state index in [1.165, 1.54) is 17.7 Å². The first-order valence-corrected chi connectivity index (χ1v) is 9.04. The van der Waals surface area contributed by atoms with Crippen LogP contribution in [0.4, 0.5) is 10.6 Å². The molecular formula is C18H23N3O5. The van der Waals surface area contributed by atoms with Crippen LogP contribution in [0.3, 0.4) is 0 Å². The molecule has 1 aromatic rings. The van der Waals surface area contributed by atoms with Gasteiger partial charge in [0, 0.05) is 25.7 Å². The van der Waals surface area contributed by atoms with Gasteiger partial charge in [-0.3, -0.25) is 0 Å². The first-order valence-electron chi connectivity index (χ1n) is 9.04. The zero-order chi connectivity index (χ0) is 18.4. The fraction of sp³-hybridized carbons (Fsp3) is 0.611. The Balaban J connectivity index is 1.60. The lowest BCUT2D eigenvalue weighted by molar-refractivity contribution is 0.0683. The van der Waals surface area contributed by atoms with Crippen LogP contribution in [0.15, 0.2) is 6.07 Å². The molecule has 0 bridgehead atoms. The highest BCUT2D eigenvalue weighted by molar-refractivity contribution is 5.90. The number of amides is 1. The Labute approximate surface area is 151 Å². The average molecular weight is 361 g/mol. The van der Waals surface area contributed by atoms with Crippen LogP contribution in [-0.2, 0) is 17.8 Å². The summed E-state index contributed by atoms with van der Waals surface area (Å²) in [6.45, 7) is 3.65. The van der Waals surface area contributed by atoms with Crippen LogP contribution in [-0.4, -0.2) is 63.9 Å². The van der Waals surface area contributed by atoms with Crippen molar-refractivity contribution in [3.05, 3.63) is 22.9 Å². The molecule has 2 atom stereocenters. The second kappa shape index (κ2) is 6.42. The van der Waals surface area contributed by atoms with Gasteiger partial charge in [0.15, 0.2) is 0 Å². The number of fused-ring (bicyclic) bond motifs is 3. The van der Waals surface area contributed by atoms with Crippen molar-refractivity contribution in [3.63, 3.8) is 0 Å². The van der Waals surface area contributed by atoms with E-state index in [2.05, 4.69) is 9.88 Å². The summed E-state index contributed by atoms with van der Waals surface area (Å²) < 4.78 is 5.68. The normalized spacial score (nSPS) is 24.3. The van der Waals surface area contributed by atoms with Crippen molar-refractivity contribution in [1.82, 2.24) is 9.88 Å². The van der Waals surface area contributed by atoms with Crippen molar-refractivity contribution in [1.29, 1.82) is 0 Å². The van der Waals surface area contributed by atoms with E-state index in [9.17, 15) is 19.8 Å². The molecule has 1 saturated carbocycles. The number of rotatable bonds is 5. The summed E-state index contributed by atoms with van der Waals surface area (Å²) in [6.07, 6.45) is 2.05. The summed E-state index contributed by atoms with van der Waals surface area (Å²) in [5, 5.41) is 18.8. The highest BCUT2D eigenvalue weighted by atomic mass is 16.5. The standard InChI is InChI=1S/C18H23N3O5/c1-10-6-20(18(24)25)7-13-4-12-5-14(17(22)23)15(19-16(12)21(10)13)9-26-8-11-2-3-11/h5,10-11,13H,2-4,6-9H2,1H3,(H,22,23)(H,24,25)/t10-,13-/m1/s1. The number of hydrogen-bond donors (Lipinski definition) is 2. The minimum atomic E-state index is -1.00. The van der Waals surface area contributed by atoms with Gasteiger partial charge in [-0.1, -0.05) is 0 Å². The van der Waals surface area contributed by atoms with Gasteiger partial charge >= 0.3 is 12.1 Å². The van der Waals surface area contributed by atoms with Gasteiger partial charge < -0.3 is 24.7 Å². The lowest BCUT2D eigenvalue weighted by atomic mass is 10.1. The van der Waals surface area contributed by atoms with Crippen molar-refractivity contribution < 1.29 is 24.5 Å². The third-order valence-corrected chi connectivity index (χ3v) is 5.43. The third-order valence-electron chi connectivity index (χ3n) is 5.43. The maximum absolute atomic E-state index is 11.7. The van der Waals surface area contributed by atoms with Crippen molar-refractivity contribution in [2.45, 2.75) is 44.9 Å². The number of carboxylic acid groups (broad SMARTS) is 2. The van der Waals surface area contributed by atoms with Crippen molar-refractivity contribution >= 4 is 17.9 Å². The Hall–Kier alpha value is -2.35. The first-order chi connectivity index (χ1) is 12.4. The lowest BCUT2D eigenvalue weighted by Crippen LogP contribution is -2.58. The van der Waals surface area contributed by atoms with Gasteiger partial charge in [-0.05, 0) is 43.7 Å². The van der Waals surface area contributed by atoms with Crippen molar-refractivity contribution in [2.24, 2.45) is 5.92 Å². The Kier molecular flexibility index (Phi) is 4.22. The Morgan fingerprint density at radius 3 is 2.73 bits per heavy atom. The smallest absolute Gasteiger partial charge is 0.407 e. The van der Waals surface area contributed by atoms with Crippen LogP contribution in [0.25, 0.3) is 0 Å². The number of ether oxygens (including phenoxy) is 1. The molecule has 0 spiro atoms. The molecule has 1 aliphatic carbocycles. The van der Waals surface area contributed by atoms with E-state index >= 15 is 0 Å². The average Bonchev–Trinajstić information content (AvgIpc) is 3.32. The minimum Gasteiger partial charge on any atom is -0.478 e. The Bertz CT molecular complexity index is 749. The largest absolute Gasteiger partial charge is 0.478 e. The molecule has 0 radical (unpaired) electrons. The van der Waals surface area contributed by atoms with Crippen molar-refractivity contribution in [3.8, 4) is 0 Å². The van der Waals surface area contributed by atoms with Gasteiger partial charge in [0.2, 0.25) is 0 Å². The van der Waals surface area contributed by atoms with E-state index in [-0.39, 0.29) is 24.3 Å². The van der Waals surface area contributed by atoms with Crippen LogP contribution < -0.4 is 4.90 Å². The molecule has 3 heterocycles. The number of aromatic nitrogens is 1. The van der Waals surface area contributed by atoms with Gasteiger partial charge in [-0.15, -0.1) is 0 Å². The minimum absolute atomic E-state index is 0.00151. The molecule has 0 aromatic carbocycles. The molecule has 8 heteroatoms. The molecule has 1 aromatic heterocycles. The van der Waals surface area contributed by atoms with E-state index < -0.39 is 12.1 Å². The van der Waals surface area contributed by atoms with Crippen LogP contribution in [0.1, 0.15) is 41.4 Å². The SMILES string of the molecule is C[C@@H]1CN(C(=O)O)C[C@H]2Cc3cc(C(=O)O)c(COCC4CC4)nc3N21. The van der Waals surface area contributed by atoms with Crippen LogP contribution >= 0.6 is 0 Å². The quantitative estimate of drug-likeness (QED) is 0.824. The number of carboxylic acids is 1. The van der Waals surface area contributed by atoms with Gasteiger partial charge in [0.1, 0.15) is 5.82 Å². The maximum Gasteiger partial charge on any atom is 0.407 e. The summed E-state index contributed by atoms with van der Waals surface area (Å²) >= 11 is 0. The molecule has 140 valence electrons. The highest BCUT2D eigenvalue weighted by Gasteiger charge is 2.41. The number of anilines is 1. The molecule has 1 amide bonds. The predicted octanol–water partition coefficient (Wildman–Crippen LogP) is 1.82. The number of pyridine rings is 1. The van der Waals surface area contributed by atoms with Crippen molar-refractivity contribution in [2.75, 3.05) is 24.6 Å². The molecule has 1 saturated heterocycles. The zero-order valence-corrected chi connectivity index (χ0v) is 14.7. The monoisotopic (exact) mass is 361 g/mol. The van der Waals surface area contributed by atoms with Crippen LogP contribution in [0, 0.1) is 5.92 Å². The molecule has 4 rings (SSSR count). The van der Waals surface area contributed by atoms with Gasteiger partial charge in [-0.25, -0.2) is 14.6 Å². The number of carbonyl (C=O) groups is 2. The highest BCUT2D eigenvalue weighted by Crippen LogP contribution is 2.36. The number of piperazine rings is 1. The van der Waals surface area contributed by atoms with E-state index in [1.807, 2.05) is 6.92 Å². The maximum atomic E-state index is 11.7. The lowest BCUT2D eigenvalue weighted by Gasteiger charge is -2.42. The second-order valence-electron chi connectivity index (χ2n) is 7.53. The van der Waals surface area contributed by atoms with Crippen LogP contribution in [0.2, 0.25) is 0 Å². The number of hydrogen-bond acceptors (Lipinski definition) is 5. The zero-order valence-electron chi connectivity index (χ0n) is 14.7. The molecule has 0 unspecified atom stereocenters. The summed E-state index contributed by atoms with van der Waals surface area (Å²) in [4.78, 5) is 31.2. The Morgan fingerprint density at radius 2 is 2.08 bits per heavy atom. The molecule has 26 heavy (non-hydrogen) atoms. The summed E-state index contributed by atoms with van der Waals surface area (Å²) in [5.74, 6) is 0.379. The fourth-order valence-corrected chi connectivity index (χ4v) is 4.00. The van der Waals surface area contributed by atoms with Crippen LogP contribution in [0.5, 0.6) is 0 Å². The third kappa shape index (κ3) is 3.09. The number of aromatic carboxylic acids is 1. The van der Waals surface area contributed by atoms with Gasteiger partial charge in [0.05, 0.1) is 23.9 Å². The van der Waals surface area contributed by atoms with E-state index in [4.69, 9.17) is 4.74 Å². The van der Waals surface area contributed by atoms with E-state index in [0.717, 1.165) is 11.4 Å². The topological polar surface area (TPSA) is 103 Å². The predicted molar refractivity (Wildman–Crippen MR) is 92.6 cm³/mol. The number of nitrogens with zero attached hydrogens (tertiary/aromatic N) is 3. The first kappa shape index (κ1) is 17.1. The molecule has 2 N–H and O–H groups in total. The molecule has 2 fully saturated rings. The van der Waals surface area contributed by atoms with Gasteiger partial charge in [-0.2, -0.15) is 0 Å². The van der Waals surface area contributed by atoms with E-state index in [1.54, 1.807) is 6.07 Å². The fourth-order valence-electron chi connectivity index (χ4n) is 4.00. The molecule has 8 nitrogen and oxygen atoms in total.